The van der Waals surface area contributed by atoms with E-state index in [2.05, 4.69) is 5.10 Å². The molecule has 1 aliphatic heterocycles. The minimum absolute atomic E-state index is 0.0526. The Balaban J connectivity index is 1.68. The number of hydrogen-bond donors (Lipinski definition) is 1. The van der Waals surface area contributed by atoms with Crippen LogP contribution in [-0.4, -0.2) is 38.3 Å². The predicted octanol–water partition coefficient (Wildman–Crippen LogP) is 2.45. The van der Waals surface area contributed by atoms with Crippen molar-refractivity contribution in [2.45, 2.75) is 50.7 Å². The largest absolute Gasteiger partial charge is 0.467 e. The van der Waals surface area contributed by atoms with Crippen LogP contribution in [0.4, 0.5) is 0 Å². The average molecular weight is 331 g/mol. The number of furan rings is 1. The number of aromatic nitrogens is 2. The Labute approximate surface area is 142 Å². The average Bonchev–Trinajstić information content (AvgIpc) is 3.16. The first kappa shape index (κ1) is 16.8. The quantitative estimate of drug-likeness (QED) is 0.913. The van der Waals surface area contributed by atoms with Crippen molar-refractivity contribution in [1.82, 2.24) is 14.7 Å². The number of likely N-dealkylation sites (tertiary alicyclic amines) is 1. The molecule has 0 spiro atoms. The van der Waals surface area contributed by atoms with Crippen LogP contribution in [0.5, 0.6) is 0 Å². The van der Waals surface area contributed by atoms with Gasteiger partial charge in [-0.1, -0.05) is 12.8 Å². The summed E-state index contributed by atoms with van der Waals surface area (Å²) >= 11 is 0. The number of hydrogen-bond acceptors (Lipinski definition) is 4. The lowest BCUT2D eigenvalue weighted by Crippen LogP contribution is -2.41. The van der Waals surface area contributed by atoms with Gasteiger partial charge in [0.05, 0.1) is 18.9 Å². The van der Waals surface area contributed by atoms with Gasteiger partial charge in [0, 0.05) is 32.3 Å². The van der Waals surface area contributed by atoms with Gasteiger partial charge in [0.25, 0.3) is 0 Å². The van der Waals surface area contributed by atoms with Gasteiger partial charge < -0.3 is 14.4 Å². The molecular weight excluding hydrogens is 306 g/mol. The number of carbonyl (C=O) groups is 1. The van der Waals surface area contributed by atoms with E-state index in [-0.39, 0.29) is 11.9 Å². The molecule has 6 nitrogen and oxygen atoms in total. The van der Waals surface area contributed by atoms with Crippen LogP contribution in [-0.2, 0) is 18.3 Å². The molecule has 1 aliphatic rings. The molecule has 24 heavy (non-hydrogen) atoms. The summed E-state index contributed by atoms with van der Waals surface area (Å²) in [5.74, 6) is 0.681. The number of nitrogens with zero attached hydrogens (tertiary/aromatic N) is 3. The van der Waals surface area contributed by atoms with Gasteiger partial charge in [0.15, 0.2) is 0 Å². The Kier molecular flexibility index (Phi) is 5.35. The summed E-state index contributed by atoms with van der Waals surface area (Å²) in [6.07, 6.45) is 9.56. The zero-order valence-electron chi connectivity index (χ0n) is 14.1. The van der Waals surface area contributed by atoms with Gasteiger partial charge >= 0.3 is 0 Å². The van der Waals surface area contributed by atoms with Crippen molar-refractivity contribution >= 4 is 5.91 Å². The second-order valence-electron chi connectivity index (χ2n) is 6.56. The molecular formula is C18H25N3O3. The molecule has 0 aromatic carbocycles. The van der Waals surface area contributed by atoms with E-state index in [1.165, 1.54) is 0 Å². The highest BCUT2D eigenvalue weighted by Gasteiger charge is 2.28. The summed E-state index contributed by atoms with van der Waals surface area (Å²) in [6.45, 7) is 0.759. The van der Waals surface area contributed by atoms with E-state index < -0.39 is 6.10 Å². The molecule has 1 fully saturated rings. The Bertz CT molecular complexity index is 650. The first-order valence-corrected chi connectivity index (χ1v) is 8.62. The number of aliphatic hydroxyl groups excluding tert-OH is 1. The summed E-state index contributed by atoms with van der Waals surface area (Å²) in [5.41, 5.74) is 0.928. The van der Waals surface area contributed by atoms with Crippen LogP contribution in [0, 0.1) is 0 Å². The van der Waals surface area contributed by atoms with E-state index in [4.69, 9.17) is 4.42 Å². The van der Waals surface area contributed by atoms with E-state index >= 15 is 0 Å². The monoisotopic (exact) mass is 331 g/mol. The maximum absolute atomic E-state index is 12.8. The van der Waals surface area contributed by atoms with Gasteiger partial charge in [-0.25, -0.2) is 0 Å². The van der Waals surface area contributed by atoms with Crippen molar-refractivity contribution in [3.8, 4) is 0 Å². The molecule has 0 bridgehead atoms. The second kappa shape index (κ2) is 7.66. The second-order valence-corrected chi connectivity index (χ2v) is 6.56. The van der Waals surface area contributed by atoms with Gasteiger partial charge in [-0.05, 0) is 30.5 Å². The molecule has 2 atom stereocenters. The highest BCUT2D eigenvalue weighted by molar-refractivity contribution is 5.79. The highest BCUT2D eigenvalue weighted by atomic mass is 16.4. The third-order valence-corrected chi connectivity index (χ3v) is 4.68. The number of aliphatic hydroxyl groups is 1. The summed E-state index contributed by atoms with van der Waals surface area (Å²) in [7, 11) is 1.85. The van der Waals surface area contributed by atoms with Gasteiger partial charge in [-0.2, -0.15) is 5.10 Å². The third-order valence-electron chi connectivity index (χ3n) is 4.68. The van der Waals surface area contributed by atoms with Crippen molar-refractivity contribution in [3.63, 3.8) is 0 Å². The molecule has 0 unspecified atom stereocenters. The number of amides is 1. The fraction of sp³-hybridized carbons (Fsp3) is 0.556. The Morgan fingerprint density at radius 3 is 3.04 bits per heavy atom. The molecule has 2 aromatic rings. The number of aryl methyl sites for hydroxylation is 1. The zero-order chi connectivity index (χ0) is 16.9. The standard InChI is InChI=1S/C18H25N3O3/c1-20-13-14(12-19-20)10-18(23)21-8-4-2-3-6-15(21)11-16(22)17-7-5-9-24-17/h5,7,9,12-13,15-16,22H,2-4,6,8,10-11H2,1H3/t15-,16+/m1/s1. The molecule has 6 heteroatoms. The van der Waals surface area contributed by atoms with Gasteiger partial charge in [-0.3, -0.25) is 9.48 Å². The maximum Gasteiger partial charge on any atom is 0.227 e. The lowest BCUT2D eigenvalue weighted by Gasteiger charge is -2.31. The summed E-state index contributed by atoms with van der Waals surface area (Å²) in [5, 5.41) is 14.5. The Morgan fingerprint density at radius 2 is 2.33 bits per heavy atom. The fourth-order valence-corrected chi connectivity index (χ4v) is 3.44. The topological polar surface area (TPSA) is 71.5 Å². The smallest absolute Gasteiger partial charge is 0.227 e. The van der Waals surface area contributed by atoms with Crippen molar-refractivity contribution in [1.29, 1.82) is 0 Å². The first-order chi connectivity index (χ1) is 11.6. The van der Waals surface area contributed by atoms with Crippen LogP contribution in [0.1, 0.15) is 49.5 Å². The predicted molar refractivity (Wildman–Crippen MR) is 89.2 cm³/mol. The van der Waals surface area contributed by atoms with Gasteiger partial charge in [-0.15, -0.1) is 0 Å². The van der Waals surface area contributed by atoms with Crippen LogP contribution in [0.25, 0.3) is 0 Å². The minimum atomic E-state index is -0.670. The van der Waals surface area contributed by atoms with Crippen molar-refractivity contribution in [2.75, 3.05) is 6.54 Å². The molecule has 130 valence electrons. The molecule has 3 rings (SSSR count). The third kappa shape index (κ3) is 4.06. The SMILES string of the molecule is Cn1cc(CC(=O)N2CCCCC[C@@H]2C[C@H](O)c2ccco2)cn1. The molecule has 0 radical (unpaired) electrons. The molecule has 0 aliphatic carbocycles. The number of rotatable bonds is 5. The van der Waals surface area contributed by atoms with Crippen molar-refractivity contribution in [3.05, 3.63) is 42.1 Å². The Hall–Kier alpha value is -2.08. The zero-order valence-corrected chi connectivity index (χ0v) is 14.1. The van der Waals surface area contributed by atoms with Crippen LogP contribution in [0.3, 0.4) is 0 Å². The first-order valence-electron chi connectivity index (χ1n) is 8.62. The fourth-order valence-electron chi connectivity index (χ4n) is 3.44. The lowest BCUT2D eigenvalue weighted by molar-refractivity contribution is -0.133. The maximum atomic E-state index is 12.8. The van der Waals surface area contributed by atoms with Crippen LogP contribution < -0.4 is 0 Å². The van der Waals surface area contributed by atoms with E-state index in [0.29, 0.717) is 18.6 Å². The highest BCUT2D eigenvalue weighted by Crippen LogP contribution is 2.27. The van der Waals surface area contributed by atoms with E-state index in [1.54, 1.807) is 29.3 Å². The van der Waals surface area contributed by atoms with E-state index in [1.807, 2.05) is 18.1 Å². The molecule has 0 saturated carbocycles. The summed E-state index contributed by atoms with van der Waals surface area (Å²) < 4.78 is 7.01. The molecule has 1 amide bonds. The molecule has 1 N–H and O–H groups in total. The van der Waals surface area contributed by atoms with E-state index in [9.17, 15) is 9.90 Å². The summed E-state index contributed by atoms with van der Waals surface area (Å²) in [6, 6.07) is 3.61. The van der Waals surface area contributed by atoms with Crippen LogP contribution >= 0.6 is 0 Å². The molecule has 1 saturated heterocycles. The minimum Gasteiger partial charge on any atom is -0.467 e. The number of carbonyl (C=O) groups excluding carboxylic acids is 1. The molecule has 2 aromatic heterocycles. The van der Waals surface area contributed by atoms with Gasteiger partial charge in [0.2, 0.25) is 5.91 Å². The lowest BCUT2D eigenvalue weighted by atomic mass is 10.0. The van der Waals surface area contributed by atoms with Crippen molar-refractivity contribution in [2.24, 2.45) is 7.05 Å². The van der Waals surface area contributed by atoms with Crippen LogP contribution in [0.2, 0.25) is 0 Å². The van der Waals surface area contributed by atoms with Crippen molar-refractivity contribution < 1.29 is 14.3 Å². The summed E-state index contributed by atoms with van der Waals surface area (Å²) in [4.78, 5) is 14.7. The molecule has 3 heterocycles. The Morgan fingerprint density at radius 1 is 1.46 bits per heavy atom. The van der Waals surface area contributed by atoms with Crippen LogP contribution in [0.15, 0.2) is 35.2 Å². The van der Waals surface area contributed by atoms with E-state index in [0.717, 1.165) is 37.8 Å². The normalized spacial score (nSPS) is 19.9. The van der Waals surface area contributed by atoms with Gasteiger partial charge in [0.1, 0.15) is 11.9 Å².